The van der Waals surface area contributed by atoms with Gasteiger partial charge in [0.1, 0.15) is 0 Å². The molecule has 0 heterocycles. The summed E-state index contributed by atoms with van der Waals surface area (Å²) in [4.78, 5) is 1.69. The van der Waals surface area contributed by atoms with Crippen LogP contribution in [0.2, 0.25) is 0 Å². The molecule has 0 radical (unpaired) electrons. The standard InChI is InChI=1S/C12H17NO4S/c1-13(2)12(18)17-10-7-5-6-9(15-4)11(10)16-8-14-3/h5-7H,8H2,1-4H3. The van der Waals surface area contributed by atoms with Crippen molar-refractivity contribution < 1.29 is 18.9 Å². The van der Waals surface area contributed by atoms with E-state index in [9.17, 15) is 0 Å². The van der Waals surface area contributed by atoms with Gasteiger partial charge < -0.3 is 23.8 Å². The Kier molecular flexibility index (Phi) is 5.67. The van der Waals surface area contributed by atoms with Crippen LogP contribution in [0.4, 0.5) is 0 Å². The molecule has 0 saturated heterocycles. The highest BCUT2D eigenvalue weighted by Gasteiger charge is 2.14. The Bertz CT molecular complexity index is 409. The van der Waals surface area contributed by atoms with E-state index >= 15 is 0 Å². The number of hydrogen-bond acceptors (Lipinski definition) is 5. The van der Waals surface area contributed by atoms with Crippen LogP contribution in [-0.2, 0) is 4.74 Å². The Hall–Kier alpha value is -1.53. The number of ether oxygens (including phenoxy) is 4. The number of rotatable bonds is 5. The van der Waals surface area contributed by atoms with Crippen LogP contribution in [0.15, 0.2) is 18.2 Å². The third-order valence-electron chi connectivity index (χ3n) is 2.05. The molecule has 100 valence electrons. The summed E-state index contributed by atoms with van der Waals surface area (Å²) in [5, 5.41) is 0.338. The van der Waals surface area contributed by atoms with Crippen LogP contribution in [0, 0.1) is 0 Å². The second-order valence-electron chi connectivity index (χ2n) is 3.60. The zero-order chi connectivity index (χ0) is 13.5. The van der Waals surface area contributed by atoms with Gasteiger partial charge in [-0.15, -0.1) is 0 Å². The fourth-order valence-electron chi connectivity index (χ4n) is 1.18. The van der Waals surface area contributed by atoms with E-state index in [0.29, 0.717) is 22.4 Å². The topological polar surface area (TPSA) is 40.2 Å². The summed E-state index contributed by atoms with van der Waals surface area (Å²) in [6.45, 7) is 0.103. The number of methoxy groups -OCH3 is 2. The molecule has 0 aliphatic rings. The van der Waals surface area contributed by atoms with Crippen molar-refractivity contribution in [2.24, 2.45) is 0 Å². The molecule has 6 heteroatoms. The second kappa shape index (κ2) is 7.03. The monoisotopic (exact) mass is 271 g/mol. The lowest BCUT2D eigenvalue weighted by Gasteiger charge is -2.18. The lowest BCUT2D eigenvalue weighted by atomic mass is 10.3. The Balaban J connectivity index is 2.97. The van der Waals surface area contributed by atoms with Gasteiger partial charge >= 0.3 is 0 Å². The van der Waals surface area contributed by atoms with Gasteiger partial charge in [-0.05, 0) is 24.4 Å². The quantitative estimate of drug-likeness (QED) is 0.602. The molecule has 0 atom stereocenters. The first kappa shape index (κ1) is 14.5. The van der Waals surface area contributed by atoms with Gasteiger partial charge in [0.15, 0.2) is 18.3 Å². The van der Waals surface area contributed by atoms with Gasteiger partial charge in [0, 0.05) is 21.2 Å². The highest BCUT2D eigenvalue weighted by molar-refractivity contribution is 7.80. The maximum atomic E-state index is 5.54. The van der Waals surface area contributed by atoms with E-state index in [-0.39, 0.29) is 6.79 Å². The number of hydrogen-bond donors (Lipinski definition) is 0. The lowest BCUT2D eigenvalue weighted by Crippen LogP contribution is -2.25. The van der Waals surface area contributed by atoms with Crippen molar-refractivity contribution in [2.45, 2.75) is 0 Å². The van der Waals surface area contributed by atoms with Crippen LogP contribution in [0.5, 0.6) is 17.2 Å². The zero-order valence-corrected chi connectivity index (χ0v) is 11.7. The van der Waals surface area contributed by atoms with Crippen molar-refractivity contribution in [1.29, 1.82) is 0 Å². The van der Waals surface area contributed by atoms with E-state index in [4.69, 9.17) is 31.2 Å². The van der Waals surface area contributed by atoms with Crippen LogP contribution in [-0.4, -0.2) is 45.2 Å². The van der Waals surface area contributed by atoms with Crippen molar-refractivity contribution in [3.05, 3.63) is 18.2 Å². The van der Waals surface area contributed by atoms with Gasteiger partial charge in [-0.25, -0.2) is 0 Å². The van der Waals surface area contributed by atoms with E-state index in [2.05, 4.69) is 0 Å². The van der Waals surface area contributed by atoms with Gasteiger partial charge in [0.2, 0.25) is 5.75 Å². The van der Waals surface area contributed by atoms with Crippen molar-refractivity contribution in [2.75, 3.05) is 35.1 Å². The Morgan fingerprint density at radius 3 is 2.44 bits per heavy atom. The number of thiocarbonyl (C=S) groups is 1. The van der Waals surface area contributed by atoms with Crippen LogP contribution in [0.25, 0.3) is 0 Å². The highest BCUT2D eigenvalue weighted by Crippen LogP contribution is 2.37. The third kappa shape index (κ3) is 3.75. The van der Waals surface area contributed by atoms with E-state index < -0.39 is 0 Å². The summed E-state index contributed by atoms with van der Waals surface area (Å²) in [5.74, 6) is 1.52. The summed E-state index contributed by atoms with van der Waals surface area (Å²) in [7, 11) is 6.71. The highest BCUT2D eigenvalue weighted by atomic mass is 32.1. The molecule has 0 N–H and O–H groups in total. The molecule has 0 fully saturated rings. The minimum atomic E-state index is 0.103. The Morgan fingerprint density at radius 1 is 1.22 bits per heavy atom. The average Bonchev–Trinajstić information content (AvgIpc) is 2.36. The predicted octanol–water partition coefficient (Wildman–Crippen LogP) is 1.90. The number of para-hydroxylation sites is 1. The molecular weight excluding hydrogens is 254 g/mol. The lowest BCUT2D eigenvalue weighted by molar-refractivity contribution is 0.0476. The largest absolute Gasteiger partial charge is 0.493 e. The summed E-state index contributed by atoms with van der Waals surface area (Å²) in [6, 6.07) is 5.33. The van der Waals surface area contributed by atoms with E-state index in [1.54, 1.807) is 51.4 Å². The molecule has 0 aliphatic heterocycles. The maximum absolute atomic E-state index is 5.54. The average molecular weight is 271 g/mol. The predicted molar refractivity (Wildman–Crippen MR) is 72.4 cm³/mol. The Labute approximate surface area is 112 Å². The van der Waals surface area contributed by atoms with E-state index in [1.165, 1.54) is 0 Å². The van der Waals surface area contributed by atoms with Gasteiger partial charge in [-0.1, -0.05) is 6.07 Å². The zero-order valence-electron chi connectivity index (χ0n) is 10.9. The first-order valence-electron chi connectivity index (χ1n) is 5.28. The molecule has 0 spiro atoms. The van der Waals surface area contributed by atoms with Crippen LogP contribution in [0.1, 0.15) is 0 Å². The first-order chi connectivity index (χ1) is 8.60. The minimum Gasteiger partial charge on any atom is -0.493 e. The summed E-state index contributed by atoms with van der Waals surface area (Å²) >= 11 is 5.09. The van der Waals surface area contributed by atoms with Gasteiger partial charge in [0.25, 0.3) is 5.17 Å². The van der Waals surface area contributed by atoms with Crippen LogP contribution >= 0.6 is 12.2 Å². The molecule has 0 aromatic heterocycles. The molecule has 0 saturated carbocycles. The molecule has 0 bridgehead atoms. The van der Waals surface area contributed by atoms with E-state index in [0.717, 1.165) is 0 Å². The molecule has 1 rings (SSSR count). The van der Waals surface area contributed by atoms with E-state index in [1.807, 2.05) is 0 Å². The van der Waals surface area contributed by atoms with Crippen molar-refractivity contribution in [3.8, 4) is 17.2 Å². The summed E-state index contributed by atoms with van der Waals surface area (Å²) < 4.78 is 21.1. The van der Waals surface area contributed by atoms with Crippen molar-refractivity contribution in [1.82, 2.24) is 4.90 Å². The second-order valence-corrected chi connectivity index (χ2v) is 3.95. The molecule has 18 heavy (non-hydrogen) atoms. The Morgan fingerprint density at radius 2 is 1.89 bits per heavy atom. The third-order valence-corrected chi connectivity index (χ3v) is 2.49. The van der Waals surface area contributed by atoms with Crippen LogP contribution in [0.3, 0.4) is 0 Å². The molecule has 0 amide bonds. The maximum Gasteiger partial charge on any atom is 0.264 e. The van der Waals surface area contributed by atoms with Gasteiger partial charge in [-0.3, -0.25) is 0 Å². The number of benzene rings is 1. The van der Waals surface area contributed by atoms with Crippen molar-refractivity contribution >= 4 is 17.4 Å². The van der Waals surface area contributed by atoms with Crippen molar-refractivity contribution in [3.63, 3.8) is 0 Å². The van der Waals surface area contributed by atoms with Gasteiger partial charge in [-0.2, -0.15) is 0 Å². The minimum absolute atomic E-state index is 0.103. The molecule has 0 unspecified atom stereocenters. The summed E-state index contributed by atoms with van der Waals surface area (Å²) in [6.07, 6.45) is 0. The molecular formula is C12H17NO4S. The fraction of sp³-hybridized carbons (Fsp3) is 0.417. The summed E-state index contributed by atoms with van der Waals surface area (Å²) in [5.41, 5.74) is 0. The first-order valence-corrected chi connectivity index (χ1v) is 5.68. The fourth-order valence-corrected chi connectivity index (χ4v) is 1.27. The molecule has 1 aromatic carbocycles. The molecule has 0 aliphatic carbocycles. The SMILES string of the molecule is COCOc1c(OC)cccc1OC(=S)N(C)C. The normalized spacial score (nSPS) is 9.78. The smallest absolute Gasteiger partial charge is 0.264 e. The van der Waals surface area contributed by atoms with Crippen LogP contribution < -0.4 is 14.2 Å². The molecule has 1 aromatic rings. The molecule has 5 nitrogen and oxygen atoms in total. The number of nitrogens with zero attached hydrogens (tertiary/aromatic N) is 1. The van der Waals surface area contributed by atoms with Gasteiger partial charge in [0.05, 0.1) is 7.11 Å².